The predicted molar refractivity (Wildman–Crippen MR) is 75.5 cm³/mol. The van der Waals surface area contributed by atoms with E-state index in [0.29, 0.717) is 10.6 Å². The largest absolute Gasteiger partial charge is 0.267 e. The van der Waals surface area contributed by atoms with Crippen LogP contribution in [0, 0.1) is 6.92 Å². The van der Waals surface area contributed by atoms with Crippen LogP contribution in [0.2, 0.25) is 5.02 Å². The zero-order valence-corrected chi connectivity index (χ0v) is 12.2. The highest BCUT2D eigenvalue weighted by atomic mass is 35.5. The van der Waals surface area contributed by atoms with Crippen LogP contribution < -0.4 is 0 Å². The second-order valence-electron chi connectivity index (χ2n) is 4.55. The van der Waals surface area contributed by atoms with Gasteiger partial charge in [0.05, 0.1) is 4.90 Å². The molecule has 1 heterocycles. The van der Waals surface area contributed by atoms with E-state index >= 15 is 0 Å². The van der Waals surface area contributed by atoms with Gasteiger partial charge in [-0.1, -0.05) is 47.5 Å². The molecule has 1 aliphatic heterocycles. The van der Waals surface area contributed by atoms with E-state index in [4.69, 9.17) is 16.4 Å². The van der Waals surface area contributed by atoms with Crippen molar-refractivity contribution in [2.75, 3.05) is 0 Å². The van der Waals surface area contributed by atoms with Crippen molar-refractivity contribution in [3.8, 4) is 0 Å². The van der Waals surface area contributed by atoms with Crippen molar-refractivity contribution in [1.82, 2.24) is 4.47 Å². The molecule has 0 radical (unpaired) electrons. The van der Waals surface area contributed by atoms with Crippen LogP contribution in [0.15, 0.2) is 53.4 Å². The molecule has 2 aromatic carbocycles. The van der Waals surface area contributed by atoms with E-state index in [9.17, 15) is 8.42 Å². The molecular formula is C14H12ClNO3S. The van der Waals surface area contributed by atoms with Crippen molar-refractivity contribution in [2.24, 2.45) is 0 Å². The highest BCUT2D eigenvalue weighted by molar-refractivity contribution is 7.89. The van der Waals surface area contributed by atoms with E-state index in [1.54, 1.807) is 48.5 Å². The van der Waals surface area contributed by atoms with Gasteiger partial charge in [0.1, 0.15) is 0 Å². The van der Waals surface area contributed by atoms with Gasteiger partial charge < -0.3 is 0 Å². The Morgan fingerprint density at radius 2 is 1.75 bits per heavy atom. The summed E-state index contributed by atoms with van der Waals surface area (Å²) >= 11 is 6.04. The minimum atomic E-state index is -3.64. The fourth-order valence-electron chi connectivity index (χ4n) is 1.91. The average molecular weight is 310 g/mol. The summed E-state index contributed by atoms with van der Waals surface area (Å²) in [6.45, 7) is 1.90. The van der Waals surface area contributed by atoms with Gasteiger partial charge in [-0.05, 0) is 29.6 Å². The molecule has 1 saturated heterocycles. The number of hydrogen-bond donors (Lipinski definition) is 0. The van der Waals surface area contributed by atoms with Crippen LogP contribution in [-0.2, 0) is 14.9 Å². The van der Waals surface area contributed by atoms with E-state index in [2.05, 4.69) is 0 Å². The number of hydrogen-bond acceptors (Lipinski definition) is 3. The summed E-state index contributed by atoms with van der Waals surface area (Å²) in [7, 11) is -3.64. The fourth-order valence-corrected chi connectivity index (χ4v) is 3.39. The lowest BCUT2D eigenvalue weighted by atomic mass is 10.2. The first-order chi connectivity index (χ1) is 9.50. The Morgan fingerprint density at radius 1 is 1.10 bits per heavy atom. The van der Waals surface area contributed by atoms with Gasteiger partial charge in [0.2, 0.25) is 0 Å². The first kappa shape index (κ1) is 13.6. The number of hydroxylamine groups is 1. The lowest BCUT2D eigenvalue weighted by molar-refractivity contribution is 0.283. The predicted octanol–water partition coefficient (Wildman–Crippen LogP) is 3.28. The Labute approximate surface area is 122 Å². The molecule has 2 unspecified atom stereocenters. The van der Waals surface area contributed by atoms with Crippen molar-refractivity contribution in [3.63, 3.8) is 0 Å². The molecule has 0 spiro atoms. The van der Waals surface area contributed by atoms with Crippen molar-refractivity contribution in [2.45, 2.75) is 18.0 Å². The Kier molecular flexibility index (Phi) is 3.30. The number of rotatable bonds is 3. The molecule has 4 nitrogen and oxygen atoms in total. The quantitative estimate of drug-likeness (QED) is 0.818. The topological polar surface area (TPSA) is 49.7 Å². The molecule has 1 aliphatic rings. The molecule has 0 saturated carbocycles. The van der Waals surface area contributed by atoms with Gasteiger partial charge in [-0.3, -0.25) is 4.84 Å². The van der Waals surface area contributed by atoms with Gasteiger partial charge in [0.15, 0.2) is 6.23 Å². The zero-order valence-electron chi connectivity index (χ0n) is 10.7. The van der Waals surface area contributed by atoms with Crippen LogP contribution in [0.5, 0.6) is 0 Å². The highest BCUT2D eigenvalue weighted by Gasteiger charge is 2.49. The maximum atomic E-state index is 12.4. The molecule has 20 heavy (non-hydrogen) atoms. The van der Waals surface area contributed by atoms with E-state index in [1.807, 2.05) is 6.92 Å². The van der Waals surface area contributed by atoms with Crippen molar-refractivity contribution in [3.05, 3.63) is 64.7 Å². The van der Waals surface area contributed by atoms with Gasteiger partial charge in [-0.25, -0.2) is 8.42 Å². The minimum Gasteiger partial charge on any atom is -0.253 e. The maximum Gasteiger partial charge on any atom is 0.267 e. The Morgan fingerprint density at radius 3 is 2.40 bits per heavy atom. The van der Waals surface area contributed by atoms with Gasteiger partial charge in [0.25, 0.3) is 10.0 Å². The summed E-state index contributed by atoms with van der Waals surface area (Å²) < 4.78 is 25.7. The molecule has 1 fully saturated rings. The monoisotopic (exact) mass is 309 g/mol. The van der Waals surface area contributed by atoms with Gasteiger partial charge in [-0.15, -0.1) is 0 Å². The molecule has 2 aromatic rings. The van der Waals surface area contributed by atoms with Crippen LogP contribution in [0.1, 0.15) is 17.4 Å². The number of aryl methyl sites for hydroxylation is 1. The lowest BCUT2D eigenvalue weighted by Crippen LogP contribution is -2.12. The van der Waals surface area contributed by atoms with E-state index < -0.39 is 16.3 Å². The smallest absolute Gasteiger partial charge is 0.253 e. The van der Waals surface area contributed by atoms with Crippen molar-refractivity contribution >= 4 is 21.6 Å². The highest BCUT2D eigenvalue weighted by Crippen LogP contribution is 2.44. The summed E-state index contributed by atoms with van der Waals surface area (Å²) in [5.74, 6) is 0. The zero-order chi connectivity index (χ0) is 14.3. The molecule has 0 bridgehead atoms. The van der Waals surface area contributed by atoms with E-state index in [0.717, 1.165) is 10.0 Å². The van der Waals surface area contributed by atoms with Crippen LogP contribution in [0.4, 0.5) is 0 Å². The van der Waals surface area contributed by atoms with Crippen LogP contribution in [0.25, 0.3) is 0 Å². The summed E-state index contributed by atoms with van der Waals surface area (Å²) in [5.41, 5.74) is 1.64. The number of benzene rings is 2. The SMILES string of the molecule is Cc1ccc(S(=O)(=O)N2OC2c2ccccc2Cl)cc1. The molecule has 0 aromatic heterocycles. The molecule has 104 valence electrons. The van der Waals surface area contributed by atoms with E-state index in [1.165, 1.54) is 0 Å². The van der Waals surface area contributed by atoms with Gasteiger partial charge in [0, 0.05) is 10.6 Å². The second-order valence-corrected chi connectivity index (χ2v) is 6.74. The summed E-state index contributed by atoms with van der Waals surface area (Å²) in [6.07, 6.45) is -0.644. The van der Waals surface area contributed by atoms with Crippen molar-refractivity contribution < 1.29 is 13.3 Å². The van der Waals surface area contributed by atoms with Crippen molar-refractivity contribution in [1.29, 1.82) is 0 Å². The first-order valence-electron chi connectivity index (χ1n) is 6.02. The number of nitrogens with zero attached hydrogens (tertiary/aromatic N) is 1. The average Bonchev–Trinajstić information content (AvgIpc) is 3.20. The third-order valence-electron chi connectivity index (χ3n) is 3.08. The molecule has 0 amide bonds. The second kappa shape index (κ2) is 4.86. The maximum absolute atomic E-state index is 12.4. The number of halogens is 1. The Bertz CT molecular complexity index is 743. The standard InChI is InChI=1S/C14H12ClNO3S/c1-10-6-8-11(9-7-10)20(17,18)16-14(19-16)12-4-2-3-5-13(12)15/h2-9,14H,1H3. The minimum absolute atomic E-state index is 0.206. The molecule has 0 aliphatic carbocycles. The molecule has 3 rings (SSSR count). The first-order valence-corrected chi connectivity index (χ1v) is 7.84. The van der Waals surface area contributed by atoms with Crippen LogP contribution in [-0.4, -0.2) is 12.9 Å². The normalized spacial score (nSPS) is 21.7. The lowest BCUT2D eigenvalue weighted by Gasteiger charge is -2.03. The summed E-state index contributed by atoms with van der Waals surface area (Å²) in [4.78, 5) is 5.40. The van der Waals surface area contributed by atoms with Crippen LogP contribution >= 0.6 is 11.6 Å². The summed E-state index contributed by atoms with van der Waals surface area (Å²) in [6, 6.07) is 13.7. The molecular weight excluding hydrogens is 298 g/mol. The van der Waals surface area contributed by atoms with Gasteiger partial charge >= 0.3 is 0 Å². The third kappa shape index (κ3) is 2.33. The Balaban J connectivity index is 1.89. The fraction of sp³-hybridized carbons (Fsp3) is 0.143. The third-order valence-corrected chi connectivity index (χ3v) is 5.04. The molecule has 0 N–H and O–H groups in total. The van der Waals surface area contributed by atoms with Crippen LogP contribution in [0.3, 0.4) is 0 Å². The summed E-state index contributed by atoms with van der Waals surface area (Å²) in [5, 5.41) is 0.485. The van der Waals surface area contributed by atoms with E-state index in [-0.39, 0.29) is 4.90 Å². The number of sulfonamides is 1. The Hall–Kier alpha value is -1.40. The van der Waals surface area contributed by atoms with Gasteiger partial charge in [-0.2, -0.15) is 0 Å². The molecule has 6 heteroatoms. The molecule has 2 atom stereocenters.